The molecule has 0 spiro atoms. The van der Waals surface area contributed by atoms with E-state index in [0.717, 1.165) is 22.9 Å². The van der Waals surface area contributed by atoms with E-state index in [4.69, 9.17) is 0 Å². The lowest BCUT2D eigenvalue weighted by Gasteiger charge is -1.98. The number of non-ortho nitro benzene ring substituents is 1. The molecule has 1 aliphatic rings. The number of thioether (sulfide) groups is 1. The van der Waals surface area contributed by atoms with Crippen molar-refractivity contribution in [1.82, 2.24) is 5.32 Å². The summed E-state index contributed by atoms with van der Waals surface area (Å²) in [5, 5.41) is 12.4. The van der Waals surface area contributed by atoms with Crippen LogP contribution in [0.15, 0.2) is 59.5 Å². The summed E-state index contributed by atoms with van der Waals surface area (Å²) >= 11 is 0.848. The van der Waals surface area contributed by atoms with Crippen LogP contribution in [-0.2, 0) is 4.79 Å². The lowest BCUT2D eigenvalue weighted by molar-refractivity contribution is -0.384. The van der Waals surface area contributed by atoms with Gasteiger partial charge in [-0.3, -0.25) is 29.8 Å². The zero-order valence-corrected chi connectivity index (χ0v) is 14.6. The Balaban J connectivity index is 1.68. The van der Waals surface area contributed by atoms with Gasteiger partial charge in [-0.15, -0.1) is 0 Å². The molecule has 1 fully saturated rings. The molecule has 1 saturated heterocycles. The summed E-state index contributed by atoms with van der Waals surface area (Å²) in [5.41, 5.74) is 1.80. The molecule has 2 aromatic carbocycles. The molecule has 1 N–H and O–H groups in total. The number of rotatable bonds is 5. The van der Waals surface area contributed by atoms with Crippen molar-refractivity contribution in [1.29, 1.82) is 0 Å². The number of nitro groups is 1. The number of nitro benzene ring substituents is 1. The number of ketones is 1. The van der Waals surface area contributed by atoms with Crippen molar-refractivity contribution in [2.24, 2.45) is 0 Å². The SMILES string of the molecule is O=C1NC(=O)/C(=C/c2ccc(/C=C/C(=O)c3ccc([N+](=O)[O-])cc3)cc2)S1. The second-order valence-electron chi connectivity index (χ2n) is 5.52. The number of allylic oxidation sites excluding steroid dienone is 1. The molecule has 0 aliphatic carbocycles. The van der Waals surface area contributed by atoms with Crippen molar-refractivity contribution in [3.8, 4) is 0 Å². The van der Waals surface area contributed by atoms with E-state index in [-0.39, 0.29) is 11.5 Å². The highest BCUT2D eigenvalue weighted by molar-refractivity contribution is 8.18. The smallest absolute Gasteiger partial charge is 0.289 e. The first-order chi connectivity index (χ1) is 12.9. The van der Waals surface area contributed by atoms with Crippen LogP contribution in [-0.4, -0.2) is 21.9 Å². The van der Waals surface area contributed by atoms with Crippen molar-refractivity contribution >= 4 is 46.5 Å². The Morgan fingerprint density at radius 3 is 2.19 bits per heavy atom. The monoisotopic (exact) mass is 380 g/mol. The lowest BCUT2D eigenvalue weighted by Crippen LogP contribution is -2.17. The van der Waals surface area contributed by atoms with Crippen LogP contribution < -0.4 is 5.32 Å². The maximum absolute atomic E-state index is 12.1. The van der Waals surface area contributed by atoms with E-state index in [2.05, 4.69) is 5.32 Å². The fraction of sp³-hybridized carbons (Fsp3) is 0. The van der Waals surface area contributed by atoms with Crippen molar-refractivity contribution in [2.75, 3.05) is 0 Å². The summed E-state index contributed by atoms with van der Waals surface area (Å²) in [5.74, 6) is -0.684. The zero-order chi connectivity index (χ0) is 19.4. The third kappa shape index (κ3) is 4.56. The summed E-state index contributed by atoms with van der Waals surface area (Å²) in [7, 11) is 0. The maximum atomic E-state index is 12.1. The summed E-state index contributed by atoms with van der Waals surface area (Å²) in [6.07, 6.45) is 4.62. The van der Waals surface area contributed by atoms with Crippen LogP contribution in [0.25, 0.3) is 12.2 Å². The van der Waals surface area contributed by atoms with Gasteiger partial charge >= 0.3 is 0 Å². The molecule has 27 heavy (non-hydrogen) atoms. The van der Waals surface area contributed by atoms with Gasteiger partial charge in [-0.25, -0.2) is 0 Å². The molecule has 0 atom stereocenters. The summed E-state index contributed by atoms with van der Waals surface area (Å²) in [6.45, 7) is 0. The van der Waals surface area contributed by atoms with Crippen molar-refractivity contribution in [3.05, 3.63) is 86.3 Å². The van der Waals surface area contributed by atoms with Crippen molar-refractivity contribution in [3.63, 3.8) is 0 Å². The number of amides is 2. The normalized spacial score (nSPS) is 15.3. The van der Waals surface area contributed by atoms with E-state index < -0.39 is 16.1 Å². The van der Waals surface area contributed by atoms with Crippen molar-refractivity contribution < 1.29 is 19.3 Å². The number of imide groups is 1. The van der Waals surface area contributed by atoms with Gasteiger partial charge in [0.15, 0.2) is 5.78 Å². The van der Waals surface area contributed by atoms with Crippen LogP contribution in [0.3, 0.4) is 0 Å². The second kappa shape index (κ2) is 7.79. The molecule has 0 radical (unpaired) electrons. The highest BCUT2D eigenvalue weighted by atomic mass is 32.2. The van der Waals surface area contributed by atoms with Gasteiger partial charge in [0.1, 0.15) is 0 Å². The van der Waals surface area contributed by atoms with E-state index in [0.29, 0.717) is 10.5 Å². The highest BCUT2D eigenvalue weighted by Gasteiger charge is 2.24. The van der Waals surface area contributed by atoms with Gasteiger partial charge in [-0.05, 0) is 47.2 Å². The zero-order valence-electron chi connectivity index (χ0n) is 13.7. The van der Waals surface area contributed by atoms with Gasteiger partial charge in [0, 0.05) is 17.7 Å². The Bertz CT molecular complexity index is 992. The third-order valence-corrected chi connectivity index (χ3v) is 4.48. The van der Waals surface area contributed by atoms with Gasteiger partial charge in [0.2, 0.25) is 0 Å². The number of carbonyl (C=O) groups excluding carboxylic acids is 3. The molecule has 134 valence electrons. The van der Waals surface area contributed by atoms with Gasteiger partial charge in [0.05, 0.1) is 9.83 Å². The molecule has 0 aromatic heterocycles. The first kappa shape index (κ1) is 18.3. The quantitative estimate of drug-likeness (QED) is 0.366. The largest absolute Gasteiger partial charge is 0.290 e. The Morgan fingerprint density at radius 1 is 1.00 bits per heavy atom. The average Bonchev–Trinajstić information content (AvgIpc) is 2.98. The predicted molar refractivity (Wildman–Crippen MR) is 102 cm³/mol. The Hall–Kier alpha value is -3.52. The predicted octanol–water partition coefficient (Wildman–Crippen LogP) is 3.81. The minimum Gasteiger partial charge on any atom is -0.289 e. The minimum atomic E-state index is -0.523. The van der Waals surface area contributed by atoms with Crippen molar-refractivity contribution in [2.45, 2.75) is 0 Å². The van der Waals surface area contributed by atoms with E-state index in [1.54, 1.807) is 36.4 Å². The molecule has 8 heteroatoms. The summed E-state index contributed by atoms with van der Waals surface area (Å²) in [6, 6.07) is 12.4. The molecule has 1 heterocycles. The van der Waals surface area contributed by atoms with Gasteiger partial charge in [-0.2, -0.15) is 0 Å². The number of benzene rings is 2. The average molecular weight is 380 g/mol. The third-order valence-electron chi connectivity index (χ3n) is 3.67. The van der Waals surface area contributed by atoms with E-state index in [1.165, 1.54) is 30.3 Å². The fourth-order valence-electron chi connectivity index (χ4n) is 2.29. The number of hydrogen-bond donors (Lipinski definition) is 1. The molecule has 2 aromatic rings. The van der Waals surface area contributed by atoms with Crippen LogP contribution >= 0.6 is 11.8 Å². The van der Waals surface area contributed by atoms with Crippen LogP contribution in [0.1, 0.15) is 21.5 Å². The fourth-order valence-corrected chi connectivity index (χ4v) is 2.97. The van der Waals surface area contributed by atoms with Crippen LogP contribution in [0.5, 0.6) is 0 Å². The Morgan fingerprint density at radius 2 is 1.63 bits per heavy atom. The topological polar surface area (TPSA) is 106 Å². The molecule has 2 amide bonds. The molecule has 0 bridgehead atoms. The first-order valence-electron chi connectivity index (χ1n) is 7.74. The van der Waals surface area contributed by atoms with Crippen LogP contribution in [0, 0.1) is 10.1 Å². The maximum Gasteiger partial charge on any atom is 0.290 e. The molecular weight excluding hydrogens is 368 g/mol. The second-order valence-corrected chi connectivity index (χ2v) is 6.54. The standard InChI is InChI=1S/C19H12N2O5S/c22-16(14-6-8-15(9-7-14)21(25)26)10-5-12-1-3-13(4-2-12)11-17-18(23)20-19(24)27-17/h1-11H,(H,20,23,24)/b10-5+,17-11-. The van der Waals surface area contributed by atoms with E-state index in [1.807, 2.05) is 0 Å². The van der Waals surface area contributed by atoms with E-state index in [9.17, 15) is 24.5 Å². The first-order valence-corrected chi connectivity index (χ1v) is 8.56. The van der Waals surface area contributed by atoms with Gasteiger partial charge in [0.25, 0.3) is 16.8 Å². The molecule has 0 saturated carbocycles. The molecule has 0 unspecified atom stereocenters. The molecule has 7 nitrogen and oxygen atoms in total. The van der Waals surface area contributed by atoms with Crippen LogP contribution in [0.4, 0.5) is 10.5 Å². The summed E-state index contributed by atoms with van der Waals surface area (Å²) < 4.78 is 0. The summed E-state index contributed by atoms with van der Waals surface area (Å²) in [4.78, 5) is 45.2. The number of nitrogens with zero attached hydrogens (tertiary/aromatic N) is 1. The van der Waals surface area contributed by atoms with Gasteiger partial charge < -0.3 is 0 Å². The molecular formula is C19H12N2O5S. The number of nitrogens with one attached hydrogen (secondary N) is 1. The van der Waals surface area contributed by atoms with Crippen LogP contribution in [0.2, 0.25) is 0 Å². The number of carbonyl (C=O) groups is 3. The minimum absolute atomic E-state index is 0.0731. The lowest BCUT2D eigenvalue weighted by atomic mass is 10.1. The Kier molecular flexibility index (Phi) is 5.28. The molecule has 3 rings (SSSR count). The Labute approximate surface area is 157 Å². The van der Waals surface area contributed by atoms with E-state index >= 15 is 0 Å². The molecule has 1 aliphatic heterocycles. The van der Waals surface area contributed by atoms with Gasteiger partial charge in [-0.1, -0.05) is 30.3 Å². The highest BCUT2D eigenvalue weighted by Crippen LogP contribution is 2.25. The number of hydrogen-bond acceptors (Lipinski definition) is 6.